The second-order valence-corrected chi connectivity index (χ2v) is 7.61. The zero-order chi connectivity index (χ0) is 15.0. The van der Waals surface area contributed by atoms with E-state index in [2.05, 4.69) is 5.32 Å². The van der Waals surface area contributed by atoms with Gasteiger partial charge in [-0.3, -0.25) is 0 Å². The van der Waals surface area contributed by atoms with Crippen LogP contribution in [0.1, 0.15) is 42.3 Å². The Balaban J connectivity index is 1.83. The summed E-state index contributed by atoms with van der Waals surface area (Å²) in [4.78, 5) is 13.5. The first-order valence-electron chi connectivity index (χ1n) is 7.55. The normalized spacial score (nSPS) is 18.0. The lowest BCUT2D eigenvalue weighted by molar-refractivity contribution is 0.0533. The average Bonchev–Trinajstić information content (AvgIpc) is 3.35. The standard InChI is InChI=1S/C15H22N2O2S2/c1-3-19-15(18)13-10(16)12(20-2)14(21-13)17-11(8-4-5-8)9-6-7-9/h8-9,11,17H,3-7,16H2,1-2H3. The molecule has 4 nitrogen and oxygen atoms in total. The Kier molecular flexibility index (Phi) is 4.36. The van der Waals surface area contributed by atoms with Crippen molar-refractivity contribution in [3.8, 4) is 0 Å². The molecule has 0 radical (unpaired) electrons. The van der Waals surface area contributed by atoms with E-state index in [0.717, 1.165) is 21.7 Å². The molecular formula is C15H22N2O2S2. The van der Waals surface area contributed by atoms with Gasteiger partial charge in [-0.1, -0.05) is 0 Å². The van der Waals surface area contributed by atoms with E-state index < -0.39 is 0 Å². The number of nitrogen functional groups attached to an aromatic ring is 1. The third kappa shape index (κ3) is 3.16. The van der Waals surface area contributed by atoms with Crippen LogP contribution in [0.4, 0.5) is 10.7 Å². The highest BCUT2D eigenvalue weighted by atomic mass is 32.2. The summed E-state index contributed by atoms with van der Waals surface area (Å²) in [6.07, 6.45) is 7.31. The van der Waals surface area contributed by atoms with E-state index in [-0.39, 0.29) is 5.97 Å². The monoisotopic (exact) mass is 326 g/mol. The molecule has 1 aromatic heterocycles. The number of anilines is 2. The molecule has 2 aliphatic carbocycles. The quantitative estimate of drug-likeness (QED) is 0.589. The summed E-state index contributed by atoms with van der Waals surface area (Å²) in [6.45, 7) is 2.19. The topological polar surface area (TPSA) is 64.3 Å². The molecule has 0 aromatic carbocycles. The minimum atomic E-state index is -0.308. The molecule has 3 rings (SSSR count). The predicted octanol–water partition coefficient (Wildman–Crippen LogP) is 3.83. The summed E-state index contributed by atoms with van der Waals surface area (Å²) in [5.41, 5.74) is 6.72. The van der Waals surface area contributed by atoms with Crippen molar-refractivity contribution in [3.05, 3.63) is 4.88 Å². The van der Waals surface area contributed by atoms with Crippen molar-refractivity contribution >= 4 is 39.8 Å². The molecule has 0 amide bonds. The maximum absolute atomic E-state index is 12.0. The fourth-order valence-corrected chi connectivity index (χ4v) is 4.72. The minimum Gasteiger partial charge on any atom is -0.462 e. The van der Waals surface area contributed by atoms with Crippen LogP contribution in [0.3, 0.4) is 0 Å². The summed E-state index contributed by atoms with van der Waals surface area (Å²) >= 11 is 3.05. The van der Waals surface area contributed by atoms with E-state index in [9.17, 15) is 4.79 Å². The van der Waals surface area contributed by atoms with E-state index in [1.807, 2.05) is 13.2 Å². The number of nitrogens with one attached hydrogen (secondary N) is 1. The largest absolute Gasteiger partial charge is 0.462 e. The molecule has 0 bridgehead atoms. The molecule has 1 heterocycles. The summed E-state index contributed by atoms with van der Waals surface area (Å²) in [6, 6.07) is 0.559. The molecule has 0 aliphatic heterocycles. The van der Waals surface area contributed by atoms with E-state index in [1.54, 1.807) is 11.8 Å². The Hall–Kier alpha value is -0.880. The van der Waals surface area contributed by atoms with Crippen molar-refractivity contribution in [2.24, 2.45) is 11.8 Å². The number of hydrogen-bond acceptors (Lipinski definition) is 6. The average molecular weight is 326 g/mol. The molecule has 2 aliphatic rings. The Morgan fingerprint density at radius 1 is 1.43 bits per heavy atom. The number of nitrogens with two attached hydrogens (primary N) is 1. The molecule has 3 N–H and O–H groups in total. The molecular weight excluding hydrogens is 304 g/mol. The van der Waals surface area contributed by atoms with Gasteiger partial charge in [0.05, 0.1) is 17.2 Å². The second kappa shape index (κ2) is 6.08. The Labute approximate surface area is 133 Å². The Morgan fingerprint density at radius 2 is 2.05 bits per heavy atom. The highest BCUT2D eigenvalue weighted by Gasteiger charge is 2.42. The summed E-state index contributed by atoms with van der Waals surface area (Å²) < 4.78 is 5.10. The van der Waals surface area contributed by atoms with Crippen LogP contribution in [0.2, 0.25) is 0 Å². The molecule has 116 valence electrons. The number of thioether (sulfide) groups is 1. The summed E-state index contributed by atoms with van der Waals surface area (Å²) in [7, 11) is 0. The van der Waals surface area contributed by atoms with Gasteiger partial charge in [-0.25, -0.2) is 4.79 Å². The number of carbonyl (C=O) groups excluding carboxylic acids is 1. The van der Waals surface area contributed by atoms with Crippen molar-refractivity contribution in [1.82, 2.24) is 0 Å². The molecule has 6 heteroatoms. The molecule has 0 atom stereocenters. The van der Waals surface area contributed by atoms with Gasteiger partial charge in [-0.05, 0) is 50.7 Å². The minimum absolute atomic E-state index is 0.308. The highest BCUT2D eigenvalue weighted by molar-refractivity contribution is 7.99. The summed E-state index contributed by atoms with van der Waals surface area (Å²) in [5, 5.41) is 4.74. The highest BCUT2D eigenvalue weighted by Crippen LogP contribution is 2.49. The molecule has 0 spiro atoms. The zero-order valence-corrected chi connectivity index (χ0v) is 14.1. The first-order chi connectivity index (χ1) is 10.2. The van der Waals surface area contributed by atoms with Gasteiger partial charge in [0, 0.05) is 6.04 Å². The van der Waals surface area contributed by atoms with Crippen LogP contribution in [0, 0.1) is 11.8 Å². The van der Waals surface area contributed by atoms with Gasteiger partial charge in [0.25, 0.3) is 0 Å². The number of rotatable bonds is 7. The Morgan fingerprint density at radius 3 is 2.52 bits per heavy atom. The van der Waals surface area contributed by atoms with Gasteiger partial charge in [-0.15, -0.1) is 23.1 Å². The predicted molar refractivity (Wildman–Crippen MR) is 89.3 cm³/mol. The summed E-state index contributed by atoms with van der Waals surface area (Å²) in [5.74, 6) is 1.31. The van der Waals surface area contributed by atoms with Gasteiger partial charge in [0.1, 0.15) is 9.88 Å². The number of hydrogen-bond donors (Lipinski definition) is 2. The first-order valence-corrected chi connectivity index (χ1v) is 9.59. The number of ether oxygens (including phenoxy) is 1. The lowest BCUT2D eigenvalue weighted by atomic mass is 10.1. The van der Waals surface area contributed by atoms with Crippen molar-refractivity contribution in [1.29, 1.82) is 0 Å². The molecule has 1 aromatic rings. The van der Waals surface area contributed by atoms with E-state index in [4.69, 9.17) is 10.5 Å². The van der Waals surface area contributed by atoms with Gasteiger partial charge in [0.15, 0.2) is 0 Å². The number of thiophene rings is 1. The molecule has 0 saturated heterocycles. The molecule has 2 saturated carbocycles. The van der Waals surface area contributed by atoms with Gasteiger partial charge in [0.2, 0.25) is 0 Å². The SMILES string of the molecule is CCOC(=O)c1sc(NC(C2CC2)C2CC2)c(SC)c1N. The van der Waals surface area contributed by atoms with Crippen molar-refractivity contribution < 1.29 is 9.53 Å². The molecule has 21 heavy (non-hydrogen) atoms. The lowest BCUT2D eigenvalue weighted by Crippen LogP contribution is -2.23. The van der Waals surface area contributed by atoms with E-state index in [0.29, 0.717) is 23.2 Å². The van der Waals surface area contributed by atoms with Crippen molar-refractivity contribution in [3.63, 3.8) is 0 Å². The van der Waals surface area contributed by atoms with Crippen LogP contribution in [-0.2, 0) is 4.74 Å². The number of esters is 1. The van der Waals surface area contributed by atoms with E-state index >= 15 is 0 Å². The molecule has 2 fully saturated rings. The van der Waals surface area contributed by atoms with Crippen molar-refractivity contribution in [2.45, 2.75) is 43.5 Å². The lowest BCUT2D eigenvalue weighted by Gasteiger charge is -2.18. The maximum atomic E-state index is 12.0. The van der Waals surface area contributed by atoms with Crippen LogP contribution in [0.5, 0.6) is 0 Å². The smallest absolute Gasteiger partial charge is 0.350 e. The van der Waals surface area contributed by atoms with Crippen LogP contribution in [0.25, 0.3) is 0 Å². The third-order valence-electron chi connectivity index (χ3n) is 4.12. The third-order valence-corrected chi connectivity index (χ3v) is 6.20. The van der Waals surface area contributed by atoms with Crippen LogP contribution in [-0.4, -0.2) is 24.9 Å². The fourth-order valence-electron chi connectivity index (χ4n) is 2.76. The van der Waals surface area contributed by atoms with Gasteiger partial charge < -0.3 is 15.8 Å². The van der Waals surface area contributed by atoms with Crippen LogP contribution >= 0.6 is 23.1 Å². The number of carbonyl (C=O) groups is 1. The van der Waals surface area contributed by atoms with Crippen LogP contribution < -0.4 is 11.1 Å². The fraction of sp³-hybridized carbons (Fsp3) is 0.667. The second-order valence-electron chi connectivity index (χ2n) is 5.77. The first kappa shape index (κ1) is 15.0. The van der Waals surface area contributed by atoms with Gasteiger partial charge in [-0.2, -0.15) is 0 Å². The zero-order valence-electron chi connectivity index (χ0n) is 12.5. The molecule has 0 unspecified atom stereocenters. The van der Waals surface area contributed by atoms with Gasteiger partial charge >= 0.3 is 5.97 Å². The Bertz CT molecular complexity index is 524. The van der Waals surface area contributed by atoms with Crippen LogP contribution in [0.15, 0.2) is 4.90 Å². The van der Waals surface area contributed by atoms with Crippen molar-refractivity contribution in [2.75, 3.05) is 23.9 Å². The van der Waals surface area contributed by atoms with E-state index in [1.165, 1.54) is 37.0 Å². The maximum Gasteiger partial charge on any atom is 0.350 e.